The molecular formula is C16H21NO5S. The van der Waals surface area contributed by atoms with Gasteiger partial charge >= 0.3 is 0 Å². The molecule has 0 radical (unpaired) electrons. The lowest BCUT2D eigenvalue weighted by Gasteiger charge is -2.43. The number of para-hydroxylation sites is 1. The second-order valence-electron chi connectivity index (χ2n) is 6.25. The molecule has 6 nitrogen and oxygen atoms in total. The fourth-order valence-corrected chi connectivity index (χ4v) is 5.58. The van der Waals surface area contributed by atoms with Gasteiger partial charge in [-0.1, -0.05) is 12.1 Å². The van der Waals surface area contributed by atoms with Crippen LogP contribution in [0, 0.1) is 0 Å². The molecule has 1 aromatic rings. The van der Waals surface area contributed by atoms with Gasteiger partial charge in [0.15, 0.2) is 21.3 Å². The molecule has 2 saturated heterocycles. The second kappa shape index (κ2) is 5.96. The maximum atomic E-state index is 12.3. The minimum absolute atomic E-state index is 0.0304. The van der Waals surface area contributed by atoms with Crippen LogP contribution in [0.25, 0.3) is 0 Å². The number of hydrogen-bond donors (Lipinski definition) is 0. The summed E-state index contributed by atoms with van der Waals surface area (Å²) in [6, 6.07) is 5.94. The highest BCUT2D eigenvalue weighted by Gasteiger charge is 2.43. The highest BCUT2D eigenvalue weighted by atomic mass is 32.2. The third kappa shape index (κ3) is 2.81. The van der Waals surface area contributed by atoms with Gasteiger partial charge in [0, 0.05) is 31.3 Å². The van der Waals surface area contributed by atoms with Crippen LogP contribution < -0.4 is 9.47 Å². The van der Waals surface area contributed by atoms with E-state index in [1.54, 1.807) is 0 Å². The molecule has 0 aliphatic carbocycles. The zero-order valence-electron chi connectivity index (χ0n) is 12.9. The minimum Gasteiger partial charge on any atom is -0.486 e. The van der Waals surface area contributed by atoms with Gasteiger partial charge in [-0.2, -0.15) is 0 Å². The smallest absolute Gasteiger partial charge is 0.165 e. The maximum Gasteiger partial charge on any atom is 0.165 e. The summed E-state index contributed by atoms with van der Waals surface area (Å²) in [6.07, 6.45) is 0.760. The molecule has 0 unspecified atom stereocenters. The van der Waals surface area contributed by atoms with E-state index in [9.17, 15) is 8.42 Å². The lowest BCUT2D eigenvalue weighted by atomic mass is 10.0. The first kappa shape index (κ1) is 15.2. The van der Waals surface area contributed by atoms with E-state index in [0.29, 0.717) is 39.5 Å². The Morgan fingerprint density at radius 2 is 2.04 bits per heavy atom. The number of benzene rings is 1. The summed E-state index contributed by atoms with van der Waals surface area (Å²) in [7, 11) is -3.05. The summed E-state index contributed by atoms with van der Waals surface area (Å²) >= 11 is 0. The Hall–Kier alpha value is -1.31. The number of nitrogens with zero attached hydrogens (tertiary/aromatic N) is 1. The van der Waals surface area contributed by atoms with Crippen molar-refractivity contribution in [3.63, 3.8) is 0 Å². The molecule has 2 atom stereocenters. The van der Waals surface area contributed by atoms with Gasteiger partial charge in [-0.25, -0.2) is 8.42 Å². The lowest BCUT2D eigenvalue weighted by Crippen LogP contribution is -2.58. The Labute approximate surface area is 136 Å². The van der Waals surface area contributed by atoms with Crippen LogP contribution in [0.5, 0.6) is 11.5 Å². The quantitative estimate of drug-likeness (QED) is 0.796. The molecule has 0 N–H and O–H groups in total. The van der Waals surface area contributed by atoms with Crippen molar-refractivity contribution in [2.45, 2.75) is 24.3 Å². The van der Waals surface area contributed by atoms with Crippen LogP contribution in [-0.2, 0) is 21.1 Å². The molecule has 126 valence electrons. The molecule has 0 saturated carbocycles. The van der Waals surface area contributed by atoms with Crippen molar-refractivity contribution in [3.8, 4) is 11.5 Å². The first-order valence-electron chi connectivity index (χ1n) is 8.06. The molecule has 0 bridgehead atoms. The predicted molar refractivity (Wildman–Crippen MR) is 84.6 cm³/mol. The van der Waals surface area contributed by atoms with Crippen LogP contribution in [0.4, 0.5) is 0 Å². The molecule has 0 amide bonds. The van der Waals surface area contributed by atoms with Crippen LogP contribution >= 0.6 is 0 Å². The van der Waals surface area contributed by atoms with Crippen molar-refractivity contribution >= 4 is 9.84 Å². The third-order valence-electron chi connectivity index (χ3n) is 4.88. The molecule has 3 aliphatic heterocycles. The van der Waals surface area contributed by atoms with Crippen LogP contribution in [0.2, 0.25) is 0 Å². The van der Waals surface area contributed by atoms with Gasteiger partial charge in [-0.05, 0) is 12.5 Å². The Bertz CT molecular complexity index is 690. The Morgan fingerprint density at radius 3 is 2.96 bits per heavy atom. The Morgan fingerprint density at radius 1 is 1.17 bits per heavy atom. The van der Waals surface area contributed by atoms with E-state index in [0.717, 1.165) is 23.5 Å². The number of sulfone groups is 1. The lowest BCUT2D eigenvalue weighted by molar-refractivity contribution is 0.0308. The fraction of sp³-hybridized carbons (Fsp3) is 0.625. The summed E-state index contributed by atoms with van der Waals surface area (Å²) in [4.78, 5) is 2.27. The van der Waals surface area contributed by atoms with Crippen LogP contribution in [0.15, 0.2) is 18.2 Å². The highest BCUT2D eigenvalue weighted by molar-refractivity contribution is 7.92. The van der Waals surface area contributed by atoms with Gasteiger partial charge < -0.3 is 14.2 Å². The van der Waals surface area contributed by atoms with Gasteiger partial charge in [0.05, 0.1) is 12.4 Å². The predicted octanol–water partition coefficient (Wildman–Crippen LogP) is 0.846. The fourth-order valence-electron chi connectivity index (χ4n) is 3.70. The monoisotopic (exact) mass is 339 g/mol. The number of hydrogen-bond acceptors (Lipinski definition) is 6. The van der Waals surface area contributed by atoms with E-state index < -0.39 is 15.1 Å². The first-order valence-corrected chi connectivity index (χ1v) is 9.77. The number of rotatable bonds is 2. The second-order valence-corrected chi connectivity index (χ2v) is 8.59. The summed E-state index contributed by atoms with van der Waals surface area (Å²) in [5.41, 5.74) is 1.06. The average Bonchev–Trinajstić information content (AvgIpc) is 2.58. The van der Waals surface area contributed by atoms with E-state index in [2.05, 4.69) is 4.90 Å². The molecule has 23 heavy (non-hydrogen) atoms. The number of fused-ring (bicyclic) bond motifs is 2. The molecule has 1 aromatic carbocycles. The SMILES string of the molecule is O=S1(=O)CCN(Cc2cccc3c2OCCO3)[C@H]2CCOC[C@H]21. The summed E-state index contributed by atoms with van der Waals surface area (Å²) in [6.45, 7) is 3.31. The minimum atomic E-state index is -3.05. The van der Waals surface area contributed by atoms with E-state index in [4.69, 9.17) is 14.2 Å². The zero-order valence-corrected chi connectivity index (χ0v) is 13.8. The van der Waals surface area contributed by atoms with Gasteiger partial charge in [0.25, 0.3) is 0 Å². The van der Waals surface area contributed by atoms with Gasteiger partial charge in [-0.3, -0.25) is 4.90 Å². The van der Waals surface area contributed by atoms with Crippen molar-refractivity contribution in [1.82, 2.24) is 4.90 Å². The van der Waals surface area contributed by atoms with Crippen molar-refractivity contribution in [1.29, 1.82) is 0 Å². The normalized spacial score (nSPS) is 29.7. The van der Waals surface area contributed by atoms with Crippen LogP contribution in [0.3, 0.4) is 0 Å². The molecule has 0 spiro atoms. The van der Waals surface area contributed by atoms with E-state index in [-0.39, 0.29) is 11.8 Å². The van der Waals surface area contributed by atoms with E-state index >= 15 is 0 Å². The average molecular weight is 339 g/mol. The topological polar surface area (TPSA) is 65.1 Å². The molecule has 7 heteroatoms. The number of ether oxygens (including phenoxy) is 3. The van der Waals surface area contributed by atoms with Crippen molar-refractivity contribution in [2.75, 3.05) is 38.7 Å². The van der Waals surface area contributed by atoms with Crippen molar-refractivity contribution < 1.29 is 22.6 Å². The van der Waals surface area contributed by atoms with E-state index in [1.807, 2.05) is 18.2 Å². The summed E-state index contributed by atoms with van der Waals surface area (Å²) < 4.78 is 41.4. The van der Waals surface area contributed by atoms with Crippen molar-refractivity contribution in [2.24, 2.45) is 0 Å². The highest BCUT2D eigenvalue weighted by Crippen LogP contribution is 2.36. The summed E-state index contributed by atoms with van der Waals surface area (Å²) in [5, 5.41) is -0.401. The largest absolute Gasteiger partial charge is 0.486 e. The maximum absolute atomic E-state index is 12.3. The zero-order chi connectivity index (χ0) is 15.9. The van der Waals surface area contributed by atoms with Gasteiger partial charge in [0.1, 0.15) is 18.5 Å². The molecule has 4 rings (SSSR count). The summed E-state index contributed by atoms with van der Waals surface area (Å²) in [5.74, 6) is 1.78. The molecule has 3 heterocycles. The van der Waals surface area contributed by atoms with E-state index in [1.165, 1.54) is 0 Å². The Balaban J connectivity index is 1.59. The first-order chi connectivity index (χ1) is 11.1. The molecule has 3 aliphatic rings. The van der Waals surface area contributed by atoms with Crippen LogP contribution in [0.1, 0.15) is 12.0 Å². The molecule has 2 fully saturated rings. The Kier molecular flexibility index (Phi) is 3.95. The van der Waals surface area contributed by atoms with Crippen molar-refractivity contribution in [3.05, 3.63) is 23.8 Å². The third-order valence-corrected chi connectivity index (χ3v) is 7.01. The molecular weight excluding hydrogens is 318 g/mol. The van der Waals surface area contributed by atoms with Crippen LogP contribution in [-0.4, -0.2) is 63.3 Å². The molecule has 0 aromatic heterocycles. The van der Waals surface area contributed by atoms with Gasteiger partial charge in [-0.15, -0.1) is 0 Å². The standard InChI is InChI=1S/C16H21NO5S/c18-23(19)9-5-17(13-4-6-20-11-15(13)23)10-12-2-1-3-14-16(12)22-8-7-21-14/h1-3,13,15H,4-11H2/t13-,15+/m0/s1. The van der Waals surface area contributed by atoms with Gasteiger partial charge in [0.2, 0.25) is 0 Å².